The first kappa shape index (κ1) is 16.9. The Morgan fingerprint density at radius 1 is 1.26 bits per heavy atom. The summed E-state index contributed by atoms with van der Waals surface area (Å²) < 4.78 is 20.7. The van der Waals surface area contributed by atoms with Crippen LogP contribution in [0.2, 0.25) is 0 Å². The van der Waals surface area contributed by atoms with Crippen molar-refractivity contribution in [3.63, 3.8) is 0 Å². The first-order valence-corrected chi connectivity index (χ1v) is 7.46. The van der Waals surface area contributed by atoms with Gasteiger partial charge in [0.2, 0.25) is 6.79 Å². The minimum Gasteiger partial charge on any atom is -0.463 e. The topological polar surface area (TPSA) is 71.1 Å². The Balaban J connectivity index is 2.04. The van der Waals surface area contributed by atoms with Gasteiger partial charge in [-0.2, -0.15) is 0 Å². The molecule has 0 saturated heterocycles. The molecular formula is C17H20O6. The Hall–Kier alpha value is -2.50. The van der Waals surface area contributed by atoms with Gasteiger partial charge in [-0.05, 0) is 37.1 Å². The lowest BCUT2D eigenvalue weighted by atomic mass is 10.1. The number of benzene rings is 1. The summed E-state index contributed by atoms with van der Waals surface area (Å²) in [7, 11) is 0. The molecule has 23 heavy (non-hydrogen) atoms. The predicted molar refractivity (Wildman–Crippen MR) is 82.4 cm³/mol. The summed E-state index contributed by atoms with van der Waals surface area (Å²) in [5.74, 6) is 0.179. The molecule has 2 rings (SSSR count). The Labute approximate surface area is 135 Å². The molecule has 0 amide bonds. The number of rotatable bonds is 6. The molecule has 0 fully saturated rings. The van der Waals surface area contributed by atoms with Crippen LogP contribution in [0.25, 0.3) is 0 Å². The monoisotopic (exact) mass is 320 g/mol. The fraction of sp³-hybridized carbons (Fsp3) is 0.412. The van der Waals surface area contributed by atoms with Crippen LogP contribution >= 0.6 is 0 Å². The van der Waals surface area contributed by atoms with Gasteiger partial charge in [0.25, 0.3) is 0 Å². The lowest BCUT2D eigenvalue weighted by molar-refractivity contribution is -0.137. The summed E-state index contributed by atoms with van der Waals surface area (Å²) >= 11 is 0. The molecule has 1 heterocycles. The SMILES string of the molecule is CCOC(=O)/C=C/[C@@H](OC(=O)c1ccc2c(c1)OCO2)C(C)C. The number of fused-ring (bicyclic) bond motifs is 1. The van der Waals surface area contributed by atoms with Gasteiger partial charge in [0, 0.05) is 6.08 Å². The second-order valence-corrected chi connectivity index (χ2v) is 5.29. The first-order valence-electron chi connectivity index (χ1n) is 7.46. The van der Waals surface area contributed by atoms with Gasteiger partial charge in [0.1, 0.15) is 6.10 Å². The molecule has 0 spiro atoms. The molecule has 0 saturated carbocycles. The summed E-state index contributed by atoms with van der Waals surface area (Å²) in [5.41, 5.74) is 0.365. The molecule has 0 bridgehead atoms. The van der Waals surface area contributed by atoms with Gasteiger partial charge >= 0.3 is 11.9 Å². The molecule has 0 unspecified atom stereocenters. The summed E-state index contributed by atoms with van der Waals surface area (Å²) in [6, 6.07) is 4.86. The fourth-order valence-corrected chi connectivity index (χ4v) is 1.98. The third kappa shape index (κ3) is 4.48. The van der Waals surface area contributed by atoms with E-state index in [0.717, 1.165) is 0 Å². The molecule has 1 aliphatic heterocycles. The van der Waals surface area contributed by atoms with E-state index in [9.17, 15) is 9.59 Å². The lowest BCUT2D eigenvalue weighted by Gasteiger charge is -2.18. The molecule has 1 aliphatic rings. The normalized spacial score (nSPS) is 14.1. The molecule has 1 atom stereocenters. The molecule has 1 aromatic rings. The van der Waals surface area contributed by atoms with Gasteiger partial charge < -0.3 is 18.9 Å². The Bertz CT molecular complexity index is 605. The van der Waals surface area contributed by atoms with Crippen LogP contribution in [-0.2, 0) is 14.3 Å². The van der Waals surface area contributed by atoms with E-state index in [4.69, 9.17) is 18.9 Å². The van der Waals surface area contributed by atoms with Crippen molar-refractivity contribution in [1.29, 1.82) is 0 Å². The van der Waals surface area contributed by atoms with Crippen molar-refractivity contribution in [1.82, 2.24) is 0 Å². The minimum absolute atomic E-state index is 0.0126. The van der Waals surface area contributed by atoms with Crippen molar-refractivity contribution in [2.45, 2.75) is 26.9 Å². The smallest absolute Gasteiger partial charge is 0.338 e. The Kier molecular flexibility index (Phi) is 5.62. The molecule has 0 aliphatic carbocycles. The van der Waals surface area contributed by atoms with Crippen molar-refractivity contribution >= 4 is 11.9 Å². The molecule has 6 nitrogen and oxygen atoms in total. The third-order valence-corrected chi connectivity index (χ3v) is 3.22. The highest BCUT2D eigenvalue weighted by atomic mass is 16.7. The average Bonchev–Trinajstić information content (AvgIpc) is 2.98. The van der Waals surface area contributed by atoms with E-state index in [1.54, 1.807) is 25.1 Å². The van der Waals surface area contributed by atoms with Crippen molar-refractivity contribution in [2.75, 3.05) is 13.4 Å². The van der Waals surface area contributed by atoms with Gasteiger partial charge in [-0.25, -0.2) is 9.59 Å². The number of carbonyl (C=O) groups is 2. The zero-order chi connectivity index (χ0) is 16.8. The van der Waals surface area contributed by atoms with E-state index >= 15 is 0 Å². The number of esters is 2. The molecule has 1 aromatic carbocycles. The molecule has 0 aromatic heterocycles. The van der Waals surface area contributed by atoms with Crippen LogP contribution in [0, 0.1) is 5.92 Å². The fourth-order valence-electron chi connectivity index (χ4n) is 1.98. The third-order valence-electron chi connectivity index (χ3n) is 3.22. The number of hydrogen-bond acceptors (Lipinski definition) is 6. The average molecular weight is 320 g/mol. The summed E-state index contributed by atoms with van der Waals surface area (Å²) in [4.78, 5) is 23.6. The van der Waals surface area contributed by atoms with Crippen molar-refractivity contribution < 1.29 is 28.5 Å². The van der Waals surface area contributed by atoms with Crippen LogP contribution in [0.3, 0.4) is 0 Å². The molecular weight excluding hydrogens is 300 g/mol. The van der Waals surface area contributed by atoms with E-state index < -0.39 is 18.0 Å². The maximum atomic E-state index is 12.3. The zero-order valence-electron chi connectivity index (χ0n) is 13.4. The van der Waals surface area contributed by atoms with Crippen molar-refractivity contribution in [2.24, 2.45) is 5.92 Å². The number of carbonyl (C=O) groups excluding carboxylic acids is 2. The van der Waals surface area contributed by atoms with E-state index in [0.29, 0.717) is 23.7 Å². The van der Waals surface area contributed by atoms with Crippen LogP contribution in [0.1, 0.15) is 31.1 Å². The van der Waals surface area contributed by atoms with Crippen LogP contribution in [-0.4, -0.2) is 31.4 Å². The van der Waals surface area contributed by atoms with E-state index in [2.05, 4.69) is 0 Å². The maximum Gasteiger partial charge on any atom is 0.338 e. The first-order chi connectivity index (χ1) is 11.0. The summed E-state index contributed by atoms with van der Waals surface area (Å²) in [6.45, 7) is 5.96. The van der Waals surface area contributed by atoms with Gasteiger partial charge in [-0.15, -0.1) is 0 Å². The highest BCUT2D eigenvalue weighted by Crippen LogP contribution is 2.32. The van der Waals surface area contributed by atoms with Gasteiger partial charge in [-0.3, -0.25) is 0 Å². The quantitative estimate of drug-likeness (QED) is 0.593. The predicted octanol–water partition coefficient (Wildman–Crippen LogP) is 2.72. The standard InChI is InChI=1S/C17H20O6/c1-4-20-16(18)8-7-13(11(2)3)23-17(19)12-5-6-14-15(9-12)22-10-21-14/h5-9,11,13H,4,10H2,1-3H3/b8-7+/t13-/m1/s1. The Morgan fingerprint density at radius 2 is 2.00 bits per heavy atom. The minimum atomic E-state index is -0.530. The summed E-state index contributed by atoms with van der Waals surface area (Å²) in [5, 5.41) is 0. The highest BCUT2D eigenvalue weighted by molar-refractivity contribution is 5.90. The van der Waals surface area contributed by atoms with Crippen molar-refractivity contribution in [3.8, 4) is 11.5 Å². The van der Waals surface area contributed by atoms with Crippen LogP contribution in [0.5, 0.6) is 11.5 Å². The molecule has 0 radical (unpaired) electrons. The van der Waals surface area contributed by atoms with E-state index in [1.165, 1.54) is 12.2 Å². The van der Waals surface area contributed by atoms with Crippen LogP contribution in [0.4, 0.5) is 0 Å². The lowest BCUT2D eigenvalue weighted by Crippen LogP contribution is -2.22. The van der Waals surface area contributed by atoms with E-state index in [-0.39, 0.29) is 12.7 Å². The second kappa shape index (κ2) is 7.67. The molecule has 6 heteroatoms. The van der Waals surface area contributed by atoms with Gasteiger partial charge in [0.05, 0.1) is 12.2 Å². The largest absolute Gasteiger partial charge is 0.463 e. The van der Waals surface area contributed by atoms with E-state index in [1.807, 2.05) is 13.8 Å². The zero-order valence-corrected chi connectivity index (χ0v) is 13.4. The van der Waals surface area contributed by atoms with Crippen LogP contribution in [0.15, 0.2) is 30.4 Å². The maximum absolute atomic E-state index is 12.3. The van der Waals surface area contributed by atoms with Crippen molar-refractivity contribution in [3.05, 3.63) is 35.9 Å². The van der Waals surface area contributed by atoms with Gasteiger partial charge in [-0.1, -0.05) is 13.8 Å². The van der Waals surface area contributed by atoms with Crippen LogP contribution < -0.4 is 9.47 Å². The molecule has 124 valence electrons. The number of hydrogen-bond donors (Lipinski definition) is 0. The van der Waals surface area contributed by atoms with Gasteiger partial charge in [0.15, 0.2) is 11.5 Å². The number of ether oxygens (including phenoxy) is 4. The second-order valence-electron chi connectivity index (χ2n) is 5.29. The molecule has 0 N–H and O–H groups in total. The highest BCUT2D eigenvalue weighted by Gasteiger charge is 2.20. The Morgan fingerprint density at radius 3 is 2.70 bits per heavy atom. The summed E-state index contributed by atoms with van der Waals surface area (Å²) in [6.07, 6.45) is 2.28.